The highest BCUT2D eigenvalue weighted by Crippen LogP contribution is 2.17. The number of nitrogens with one attached hydrogen (secondary N) is 2. The van der Waals surface area contributed by atoms with Crippen molar-refractivity contribution in [2.45, 2.75) is 33.3 Å². The number of halogens is 1. The molecule has 1 aromatic carbocycles. The van der Waals surface area contributed by atoms with Crippen LogP contribution in [0.1, 0.15) is 25.8 Å². The molecule has 0 spiro atoms. The van der Waals surface area contributed by atoms with Crippen molar-refractivity contribution in [1.82, 2.24) is 5.32 Å². The molecule has 0 aliphatic rings. The first-order chi connectivity index (χ1) is 9.81. The van der Waals surface area contributed by atoms with E-state index in [1.807, 2.05) is 6.92 Å². The number of carbonyl (C=O) groups is 2. The van der Waals surface area contributed by atoms with Gasteiger partial charge in [0, 0.05) is 17.8 Å². The highest BCUT2D eigenvalue weighted by molar-refractivity contribution is 6.39. The van der Waals surface area contributed by atoms with Crippen LogP contribution in [0, 0.1) is 18.7 Å². The Kier molecular flexibility index (Phi) is 6.30. The molecule has 2 unspecified atom stereocenters. The minimum atomic E-state index is -0.840. The zero-order chi connectivity index (χ0) is 16.0. The molecule has 116 valence electrons. The Balaban J connectivity index is 2.52. The first-order valence-corrected chi connectivity index (χ1v) is 6.83. The van der Waals surface area contributed by atoms with Crippen LogP contribution < -0.4 is 10.6 Å². The lowest BCUT2D eigenvalue weighted by Gasteiger charge is -2.14. The fourth-order valence-electron chi connectivity index (χ4n) is 1.93. The second-order valence-electron chi connectivity index (χ2n) is 5.27. The van der Waals surface area contributed by atoms with E-state index in [1.165, 1.54) is 25.1 Å². The Morgan fingerprint density at radius 2 is 1.95 bits per heavy atom. The van der Waals surface area contributed by atoms with E-state index < -0.39 is 23.7 Å². The van der Waals surface area contributed by atoms with E-state index in [1.54, 1.807) is 6.92 Å². The predicted octanol–water partition coefficient (Wildman–Crippen LogP) is 1.60. The van der Waals surface area contributed by atoms with E-state index in [4.69, 9.17) is 0 Å². The quantitative estimate of drug-likeness (QED) is 0.722. The van der Waals surface area contributed by atoms with Crippen LogP contribution in [0.2, 0.25) is 0 Å². The molecule has 0 heterocycles. The molecule has 3 N–H and O–H groups in total. The van der Waals surface area contributed by atoms with Gasteiger partial charge in [0.05, 0.1) is 6.10 Å². The first kappa shape index (κ1) is 17.1. The van der Waals surface area contributed by atoms with Gasteiger partial charge in [-0.25, -0.2) is 4.39 Å². The van der Waals surface area contributed by atoms with Crippen LogP contribution in [-0.2, 0) is 9.59 Å². The van der Waals surface area contributed by atoms with Crippen LogP contribution >= 0.6 is 0 Å². The summed E-state index contributed by atoms with van der Waals surface area (Å²) in [7, 11) is 0. The fraction of sp³-hybridized carbons (Fsp3) is 0.467. The van der Waals surface area contributed by atoms with E-state index in [2.05, 4.69) is 10.6 Å². The maximum atomic E-state index is 13.3. The van der Waals surface area contributed by atoms with Gasteiger partial charge in [-0.3, -0.25) is 9.59 Å². The summed E-state index contributed by atoms with van der Waals surface area (Å²) in [6.07, 6.45) is 0.0749. The summed E-state index contributed by atoms with van der Waals surface area (Å²) in [5.74, 6) is -2.01. The Morgan fingerprint density at radius 3 is 2.57 bits per heavy atom. The summed E-state index contributed by atoms with van der Waals surface area (Å²) in [6, 6.07) is 4.27. The SMILES string of the molecule is Cc1c(F)cccc1NC(=O)C(=O)NCC(C)CC(C)O. The van der Waals surface area contributed by atoms with Gasteiger partial charge in [-0.05, 0) is 38.3 Å². The topological polar surface area (TPSA) is 78.4 Å². The zero-order valence-corrected chi connectivity index (χ0v) is 12.4. The Hall–Kier alpha value is -1.95. The molecule has 0 aliphatic carbocycles. The summed E-state index contributed by atoms with van der Waals surface area (Å²) in [6.45, 7) is 5.34. The van der Waals surface area contributed by atoms with Crippen LogP contribution in [0.25, 0.3) is 0 Å². The van der Waals surface area contributed by atoms with Crippen LogP contribution in [-0.4, -0.2) is 29.6 Å². The molecule has 0 fully saturated rings. The summed E-state index contributed by atoms with van der Waals surface area (Å²) in [4.78, 5) is 23.4. The average molecular weight is 296 g/mol. The van der Waals surface area contributed by atoms with Crippen molar-refractivity contribution in [3.8, 4) is 0 Å². The third-order valence-corrected chi connectivity index (χ3v) is 3.08. The van der Waals surface area contributed by atoms with Crippen molar-refractivity contribution in [3.05, 3.63) is 29.6 Å². The molecule has 2 amide bonds. The van der Waals surface area contributed by atoms with E-state index in [0.717, 1.165) is 0 Å². The van der Waals surface area contributed by atoms with Crippen LogP contribution in [0.5, 0.6) is 0 Å². The smallest absolute Gasteiger partial charge is 0.313 e. The monoisotopic (exact) mass is 296 g/mol. The Bertz CT molecular complexity index is 518. The van der Waals surface area contributed by atoms with Crippen molar-refractivity contribution in [1.29, 1.82) is 0 Å². The van der Waals surface area contributed by atoms with Crippen LogP contribution in [0.4, 0.5) is 10.1 Å². The van der Waals surface area contributed by atoms with Crippen molar-refractivity contribution < 1.29 is 19.1 Å². The third kappa shape index (κ3) is 5.51. The largest absolute Gasteiger partial charge is 0.393 e. The molecule has 2 atom stereocenters. The molecular weight excluding hydrogens is 275 g/mol. The summed E-state index contributed by atoms with van der Waals surface area (Å²) < 4.78 is 13.3. The van der Waals surface area contributed by atoms with Crippen molar-refractivity contribution in [3.63, 3.8) is 0 Å². The van der Waals surface area contributed by atoms with Gasteiger partial charge < -0.3 is 15.7 Å². The summed E-state index contributed by atoms with van der Waals surface area (Å²) >= 11 is 0. The number of aliphatic hydroxyl groups excluding tert-OH is 1. The molecule has 0 aliphatic heterocycles. The number of amides is 2. The number of aliphatic hydroxyl groups is 1. The third-order valence-electron chi connectivity index (χ3n) is 3.08. The highest BCUT2D eigenvalue weighted by Gasteiger charge is 2.16. The molecule has 0 saturated carbocycles. The van der Waals surface area contributed by atoms with Gasteiger partial charge in [0.25, 0.3) is 0 Å². The Morgan fingerprint density at radius 1 is 1.29 bits per heavy atom. The number of benzene rings is 1. The van der Waals surface area contributed by atoms with Gasteiger partial charge in [0.2, 0.25) is 0 Å². The van der Waals surface area contributed by atoms with Crippen LogP contribution in [0.3, 0.4) is 0 Å². The maximum Gasteiger partial charge on any atom is 0.313 e. The van der Waals surface area contributed by atoms with Crippen LogP contribution in [0.15, 0.2) is 18.2 Å². The van der Waals surface area contributed by atoms with Crippen molar-refractivity contribution >= 4 is 17.5 Å². The predicted molar refractivity (Wildman–Crippen MR) is 78.2 cm³/mol. The van der Waals surface area contributed by atoms with Gasteiger partial charge in [-0.15, -0.1) is 0 Å². The number of hydrogen-bond acceptors (Lipinski definition) is 3. The molecule has 1 aromatic rings. The molecular formula is C15H21FN2O3. The molecule has 0 radical (unpaired) electrons. The summed E-state index contributed by atoms with van der Waals surface area (Å²) in [5, 5.41) is 14.1. The van der Waals surface area contributed by atoms with Crippen molar-refractivity contribution in [2.24, 2.45) is 5.92 Å². The second-order valence-corrected chi connectivity index (χ2v) is 5.27. The molecule has 0 saturated heterocycles. The van der Waals surface area contributed by atoms with Gasteiger partial charge in [-0.1, -0.05) is 13.0 Å². The zero-order valence-electron chi connectivity index (χ0n) is 12.4. The molecule has 5 nitrogen and oxygen atoms in total. The normalized spacial score (nSPS) is 13.4. The lowest BCUT2D eigenvalue weighted by Crippen LogP contribution is -2.38. The number of carbonyl (C=O) groups excluding carboxylic acids is 2. The Labute approximate surface area is 123 Å². The van der Waals surface area contributed by atoms with Crippen molar-refractivity contribution in [2.75, 3.05) is 11.9 Å². The standard InChI is InChI=1S/C15H21FN2O3/c1-9(7-10(2)19)8-17-14(20)15(21)18-13-6-4-5-12(16)11(13)3/h4-6,9-10,19H,7-8H2,1-3H3,(H,17,20)(H,18,21). The molecule has 1 rings (SSSR count). The average Bonchev–Trinajstić information content (AvgIpc) is 2.40. The molecule has 21 heavy (non-hydrogen) atoms. The van der Waals surface area contributed by atoms with Gasteiger partial charge in [0.15, 0.2) is 0 Å². The maximum absolute atomic E-state index is 13.3. The van der Waals surface area contributed by atoms with Gasteiger partial charge >= 0.3 is 11.8 Å². The van der Waals surface area contributed by atoms with E-state index in [-0.39, 0.29) is 17.2 Å². The van der Waals surface area contributed by atoms with E-state index in [0.29, 0.717) is 13.0 Å². The van der Waals surface area contributed by atoms with E-state index >= 15 is 0 Å². The highest BCUT2D eigenvalue weighted by atomic mass is 19.1. The molecule has 0 bridgehead atoms. The summed E-state index contributed by atoms with van der Waals surface area (Å²) in [5.41, 5.74) is 0.549. The number of rotatable bonds is 5. The van der Waals surface area contributed by atoms with E-state index in [9.17, 15) is 19.1 Å². The minimum absolute atomic E-state index is 0.0534. The first-order valence-electron chi connectivity index (χ1n) is 6.83. The lowest BCUT2D eigenvalue weighted by molar-refractivity contribution is -0.136. The fourth-order valence-corrected chi connectivity index (χ4v) is 1.93. The molecule has 0 aromatic heterocycles. The van der Waals surface area contributed by atoms with Gasteiger partial charge in [0.1, 0.15) is 5.82 Å². The second kappa shape index (κ2) is 7.73. The number of anilines is 1. The van der Waals surface area contributed by atoms with Gasteiger partial charge in [-0.2, -0.15) is 0 Å². The molecule has 6 heteroatoms. The minimum Gasteiger partial charge on any atom is -0.393 e. The number of hydrogen-bond donors (Lipinski definition) is 3. The lowest BCUT2D eigenvalue weighted by atomic mass is 10.0.